The first-order valence-electron chi connectivity index (χ1n) is 13.6. The lowest BCUT2D eigenvalue weighted by Crippen LogP contribution is -2.48. The zero-order chi connectivity index (χ0) is 25.9. The van der Waals surface area contributed by atoms with Crippen LogP contribution in [0.2, 0.25) is 0 Å². The molecule has 2 N–H and O–H groups in total. The highest BCUT2D eigenvalue weighted by Gasteiger charge is 2.38. The summed E-state index contributed by atoms with van der Waals surface area (Å²) < 4.78 is 1.76. The van der Waals surface area contributed by atoms with Crippen LogP contribution in [0, 0.1) is 11.8 Å². The second-order valence-electron chi connectivity index (χ2n) is 12.4. The van der Waals surface area contributed by atoms with Crippen LogP contribution in [0.15, 0.2) is 36.0 Å². The van der Waals surface area contributed by atoms with Gasteiger partial charge in [0.15, 0.2) is 0 Å². The smallest absolute Gasteiger partial charge is 0.247 e. The summed E-state index contributed by atoms with van der Waals surface area (Å²) in [6, 6.07) is 0. The van der Waals surface area contributed by atoms with E-state index < -0.39 is 5.54 Å². The molecule has 7 nitrogen and oxygen atoms in total. The number of nitrogens with zero attached hydrogens (tertiary/aromatic N) is 3. The number of rotatable bonds is 6. The van der Waals surface area contributed by atoms with Crippen molar-refractivity contribution in [3.63, 3.8) is 0 Å². The van der Waals surface area contributed by atoms with Gasteiger partial charge in [-0.3, -0.25) is 9.59 Å². The number of carbonyl (C=O) groups is 2. The summed E-state index contributed by atoms with van der Waals surface area (Å²) in [6.45, 7) is 10.3. The molecule has 3 atom stereocenters. The molecular weight excluding hydrogens is 450 g/mol. The number of carbonyl (C=O) groups excluding carboxylic acids is 2. The maximum Gasteiger partial charge on any atom is 0.247 e. The summed E-state index contributed by atoms with van der Waals surface area (Å²) in [5.41, 5.74) is 2.27. The Morgan fingerprint density at radius 2 is 1.72 bits per heavy atom. The quantitative estimate of drug-likeness (QED) is 0.560. The molecule has 3 unspecified atom stereocenters. The van der Waals surface area contributed by atoms with Crippen molar-refractivity contribution in [3.8, 4) is 0 Å². The number of aromatic nitrogens is 3. The molecule has 0 saturated carbocycles. The van der Waals surface area contributed by atoms with Crippen molar-refractivity contribution in [1.82, 2.24) is 25.6 Å². The average Bonchev–Trinajstić information content (AvgIpc) is 3.09. The molecule has 3 aliphatic rings. The molecule has 1 aromatic rings. The predicted molar refractivity (Wildman–Crippen MR) is 142 cm³/mol. The van der Waals surface area contributed by atoms with Crippen LogP contribution < -0.4 is 10.6 Å². The zero-order valence-corrected chi connectivity index (χ0v) is 22.6. The van der Waals surface area contributed by atoms with E-state index in [0.29, 0.717) is 11.8 Å². The Balaban J connectivity index is 1.44. The lowest BCUT2D eigenvalue weighted by atomic mass is 9.69. The molecule has 3 aliphatic carbocycles. The van der Waals surface area contributed by atoms with Crippen LogP contribution in [-0.2, 0) is 22.6 Å². The van der Waals surface area contributed by atoms with Gasteiger partial charge in [-0.05, 0) is 97.8 Å². The first-order chi connectivity index (χ1) is 17.0. The van der Waals surface area contributed by atoms with E-state index in [9.17, 15) is 9.59 Å². The van der Waals surface area contributed by atoms with E-state index in [1.807, 2.05) is 20.8 Å². The van der Waals surface area contributed by atoms with Crippen molar-refractivity contribution in [1.29, 1.82) is 0 Å². The van der Waals surface area contributed by atoms with Gasteiger partial charge in [0.05, 0.1) is 11.4 Å². The fourth-order valence-corrected chi connectivity index (χ4v) is 5.86. The van der Waals surface area contributed by atoms with Gasteiger partial charge in [-0.15, -0.1) is 5.10 Å². The standard InChI is InChI=1S/C29H43N5O2/c1-28(2,3)30-25(35)19-34-24-16-12-8-10-14-21(26(24)32-33-34)18-29(4,5)31-27(36)23-17-20-13-9-6-7-11-15-22(20)23/h6-8,10,17,20-22H,9,11-16,18-19H2,1-5H3,(H,30,35)(H,31,36)/b7-6+,10-8+. The van der Waals surface area contributed by atoms with E-state index in [1.165, 1.54) is 0 Å². The summed E-state index contributed by atoms with van der Waals surface area (Å²) in [4.78, 5) is 25.8. The maximum absolute atomic E-state index is 13.3. The van der Waals surface area contributed by atoms with E-state index in [1.54, 1.807) is 4.68 Å². The molecule has 2 amide bonds. The number of amides is 2. The van der Waals surface area contributed by atoms with Gasteiger partial charge in [0, 0.05) is 22.6 Å². The molecule has 0 bridgehead atoms. The molecule has 0 aliphatic heterocycles. The Morgan fingerprint density at radius 3 is 2.47 bits per heavy atom. The monoisotopic (exact) mass is 493 g/mol. The second-order valence-corrected chi connectivity index (χ2v) is 12.4. The van der Waals surface area contributed by atoms with E-state index >= 15 is 0 Å². The van der Waals surface area contributed by atoms with Crippen molar-refractivity contribution in [2.45, 2.75) is 110 Å². The van der Waals surface area contributed by atoms with Crippen LogP contribution >= 0.6 is 0 Å². The first-order valence-corrected chi connectivity index (χ1v) is 13.6. The maximum atomic E-state index is 13.3. The van der Waals surface area contributed by atoms with Gasteiger partial charge in [0.2, 0.25) is 11.8 Å². The minimum atomic E-state index is -0.396. The molecule has 0 aromatic carbocycles. The van der Waals surface area contributed by atoms with Gasteiger partial charge in [0.25, 0.3) is 0 Å². The highest BCUT2D eigenvalue weighted by atomic mass is 16.2. The average molecular weight is 494 g/mol. The van der Waals surface area contributed by atoms with Gasteiger partial charge in [-0.25, -0.2) is 4.68 Å². The molecule has 0 radical (unpaired) electrons. The topological polar surface area (TPSA) is 88.9 Å². The Labute approximate surface area is 215 Å². The summed E-state index contributed by atoms with van der Waals surface area (Å²) in [6.07, 6.45) is 18.8. The fraction of sp³-hybridized carbons (Fsp3) is 0.655. The second kappa shape index (κ2) is 10.7. The van der Waals surface area contributed by atoms with Crippen molar-refractivity contribution in [2.24, 2.45) is 11.8 Å². The van der Waals surface area contributed by atoms with Crippen LogP contribution in [0.1, 0.15) is 96.9 Å². The van der Waals surface area contributed by atoms with E-state index in [0.717, 1.165) is 68.3 Å². The van der Waals surface area contributed by atoms with Crippen molar-refractivity contribution >= 4 is 11.8 Å². The highest BCUT2D eigenvalue weighted by Crippen LogP contribution is 2.41. The van der Waals surface area contributed by atoms with E-state index in [-0.39, 0.29) is 29.8 Å². The largest absolute Gasteiger partial charge is 0.350 e. The minimum absolute atomic E-state index is 0.0614. The van der Waals surface area contributed by atoms with Crippen LogP contribution in [0.3, 0.4) is 0 Å². The summed E-state index contributed by atoms with van der Waals surface area (Å²) in [5.74, 6) is 1.08. The summed E-state index contributed by atoms with van der Waals surface area (Å²) in [5, 5.41) is 15.3. The minimum Gasteiger partial charge on any atom is -0.350 e. The molecule has 7 heteroatoms. The molecule has 0 saturated heterocycles. The Morgan fingerprint density at radius 1 is 1.00 bits per heavy atom. The van der Waals surface area contributed by atoms with Crippen molar-refractivity contribution < 1.29 is 9.59 Å². The molecule has 0 spiro atoms. The van der Waals surface area contributed by atoms with Crippen LogP contribution in [-0.4, -0.2) is 37.9 Å². The lowest BCUT2D eigenvalue weighted by Gasteiger charge is -2.38. The number of fused-ring (bicyclic) bond motifs is 2. The summed E-state index contributed by atoms with van der Waals surface area (Å²) >= 11 is 0. The van der Waals surface area contributed by atoms with Gasteiger partial charge < -0.3 is 10.6 Å². The highest BCUT2D eigenvalue weighted by molar-refractivity contribution is 5.96. The Kier molecular flexibility index (Phi) is 7.86. The molecule has 196 valence electrons. The van der Waals surface area contributed by atoms with Crippen LogP contribution in [0.4, 0.5) is 0 Å². The first kappa shape index (κ1) is 26.4. The zero-order valence-electron chi connectivity index (χ0n) is 22.6. The van der Waals surface area contributed by atoms with Gasteiger partial charge in [-0.2, -0.15) is 0 Å². The SMILES string of the molecule is CC(C)(C)NC(=O)Cn1nnc2c1CC/C=C/CC2CC(C)(C)NC(=O)C1=CC2CC/C=C/CCC12. The van der Waals surface area contributed by atoms with Gasteiger partial charge in [-0.1, -0.05) is 35.6 Å². The number of allylic oxidation sites excluding steroid dienone is 5. The van der Waals surface area contributed by atoms with E-state index in [2.05, 4.69) is 65.2 Å². The van der Waals surface area contributed by atoms with Crippen LogP contribution in [0.25, 0.3) is 0 Å². The van der Waals surface area contributed by atoms with Crippen molar-refractivity contribution in [2.75, 3.05) is 0 Å². The number of hydrogen-bond donors (Lipinski definition) is 2. The number of hydrogen-bond acceptors (Lipinski definition) is 4. The molecule has 1 heterocycles. The predicted octanol–water partition coefficient (Wildman–Crippen LogP) is 4.76. The third-order valence-corrected chi connectivity index (χ3v) is 7.46. The summed E-state index contributed by atoms with van der Waals surface area (Å²) in [7, 11) is 0. The molecule has 1 aromatic heterocycles. The van der Waals surface area contributed by atoms with Gasteiger partial charge in [0.1, 0.15) is 6.54 Å². The van der Waals surface area contributed by atoms with E-state index in [4.69, 9.17) is 0 Å². The fourth-order valence-electron chi connectivity index (χ4n) is 5.86. The Hall–Kier alpha value is -2.70. The molecule has 36 heavy (non-hydrogen) atoms. The van der Waals surface area contributed by atoms with Crippen molar-refractivity contribution in [3.05, 3.63) is 47.3 Å². The number of nitrogens with one attached hydrogen (secondary N) is 2. The lowest BCUT2D eigenvalue weighted by molar-refractivity contribution is -0.123. The Bertz CT molecular complexity index is 1060. The molecular formula is C29H43N5O2. The normalized spacial score (nSPS) is 25.9. The third-order valence-electron chi connectivity index (χ3n) is 7.46. The van der Waals surface area contributed by atoms with Crippen LogP contribution in [0.5, 0.6) is 0 Å². The third kappa shape index (κ3) is 6.54. The van der Waals surface area contributed by atoms with Gasteiger partial charge >= 0.3 is 0 Å². The molecule has 4 rings (SSSR count). The molecule has 0 fully saturated rings.